The van der Waals surface area contributed by atoms with Gasteiger partial charge in [-0.3, -0.25) is 14.6 Å². The molecule has 1 atom stereocenters. The number of nitrogens with one attached hydrogen (secondary N) is 1. The fourth-order valence-corrected chi connectivity index (χ4v) is 3.13. The Labute approximate surface area is 166 Å². The van der Waals surface area contributed by atoms with Gasteiger partial charge in [-0.25, -0.2) is 0 Å². The Balaban J connectivity index is 1.89. The topological polar surface area (TPSA) is 88.1 Å². The summed E-state index contributed by atoms with van der Waals surface area (Å²) in [5.74, 6) is -0.736. The van der Waals surface area contributed by atoms with Crippen molar-refractivity contribution in [2.45, 2.75) is 12.6 Å². The maximum atomic E-state index is 13.1. The minimum atomic E-state index is -0.919. The highest BCUT2D eigenvalue weighted by Crippen LogP contribution is 2.22. The highest BCUT2D eigenvalue weighted by molar-refractivity contribution is 7.03. The van der Waals surface area contributed by atoms with Crippen molar-refractivity contribution < 1.29 is 9.59 Å². The van der Waals surface area contributed by atoms with Crippen molar-refractivity contribution in [3.05, 3.63) is 89.7 Å². The second-order valence-corrected chi connectivity index (χ2v) is 6.51. The summed E-state index contributed by atoms with van der Waals surface area (Å²) in [6.45, 7) is 4.22. The van der Waals surface area contributed by atoms with Crippen LogP contribution in [0.3, 0.4) is 0 Å². The first-order valence-corrected chi connectivity index (χ1v) is 9.46. The molecule has 1 aromatic carbocycles. The number of rotatable bonds is 8. The lowest BCUT2D eigenvalue weighted by molar-refractivity contribution is -0.126. The molecule has 3 rings (SSSR count). The molecule has 0 saturated heterocycles. The van der Waals surface area contributed by atoms with Gasteiger partial charge < -0.3 is 10.2 Å². The summed E-state index contributed by atoms with van der Waals surface area (Å²) in [6.07, 6.45) is 3.16. The van der Waals surface area contributed by atoms with Crippen LogP contribution in [-0.4, -0.2) is 37.8 Å². The maximum absolute atomic E-state index is 13.1. The zero-order valence-electron chi connectivity index (χ0n) is 15.1. The highest BCUT2D eigenvalue weighted by Gasteiger charge is 2.33. The molecule has 28 heavy (non-hydrogen) atoms. The Morgan fingerprint density at radius 2 is 1.96 bits per heavy atom. The Hall–Kier alpha value is -3.39. The third kappa shape index (κ3) is 4.66. The van der Waals surface area contributed by atoms with Crippen molar-refractivity contribution in [2.24, 2.45) is 0 Å². The number of benzene rings is 1. The van der Waals surface area contributed by atoms with Crippen molar-refractivity contribution in [3.63, 3.8) is 0 Å². The van der Waals surface area contributed by atoms with Crippen LogP contribution in [0.1, 0.15) is 27.8 Å². The lowest BCUT2D eigenvalue weighted by Crippen LogP contribution is -2.44. The average molecular weight is 393 g/mol. The van der Waals surface area contributed by atoms with E-state index in [9.17, 15) is 9.59 Å². The van der Waals surface area contributed by atoms with Crippen LogP contribution >= 0.6 is 11.5 Å². The first-order valence-electron chi connectivity index (χ1n) is 8.62. The molecule has 0 spiro atoms. The second-order valence-electron chi connectivity index (χ2n) is 5.90. The summed E-state index contributed by atoms with van der Waals surface area (Å²) in [5, 5.41) is 8.29. The Kier molecular flexibility index (Phi) is 6.59. The van der Waals surface area contributed by atoms with E-state index in [0.29, 0.717) is 12.2 Å². The van der Waals surface area contributed by atoms with E-state index in [2.05, 4.69) is 26.5 Å². The predicted octanol–water partition coefficient (Wildman–Crippen LogP) is 2.62. The Bertz CT molecular complexity index is 916. The molecule has 0 radical (unpaired) electrons. The Morgan fingerprint density at radius 3 is 2.61 bits per heavy atom. The smallest absolute Gasteiger partial charge is 0.276 e. The van der Waals surface area contributed by atoms with Crippen LogP contribution in [0.2, 0.25) is 0 Å². The van der Waals surface area contributed by atoms with Gasteiger partial charge in [0, 0.05) is 24.7 Å². The van der Waals surface area contributed by atoms with E-state index in [1.54, 1.807) is 35.9 Å². The Morgan fingerprint density at radius 1 is 1.18 bits per heavy atom. The maximum Gasteiger partial charge on any atom is 0.276 e. The number of pyridine rings is 1. The molecule has 0 unspecified atom stereocenters. The molecule has 0 bridgehead atoms. The van der Waals surface area contributed by atoms with Crippen LogP contribution in [0.4, 0.5) is 0 Å². The molecule has 7 nitrogen and oxygen atoms in total. The molecule has 0 saturated carbocycles. The van der Waals surface area contributed by atoms with Crippen molar-refractivity contribution in [3.8, 4) is 0 Å². The third-order valence-corrected chi connectivity index (χ3v) is 4.51. The largest absolute Gasteiger partial charge is 0.350 e. The fourth-order valence-electron chi connectivity index (χ4n) is 2.70. The van der Waals surface area contributed by atoms with E-state index in [4.69, 9.17) is 0 Å². The van der Waals surface area contributed by atoms with Gasteiger partial charge >= 0.3 is 0 Å². The quantitative estimate of drug-likeness (QED) is 0.595. The van der Waals surface area contributed by atoms with E-state index in [-0.39, 0.29) is 18.1 Å². The van der Waals surface area contributed by atoms with Crippen LogP contribution in [0, 0.1) is 0 Å². The van der Waals surface area contributed by atoms with E-state index >= 15 is 0 Å². The average Bonchev–Trinajstić information content (AvgIpc) is 3.28. The monoisotopic (exact) mass is 393 g/mol. The lowest BCUT2D eigenvalue weighted by Gasteiger charge is -2.29. The summed E-state index contributed by atoms with van der Waals surface area (Å²) in [4.78, 5) is 31.8. The molecule has 2 aromatic heterocycles. The number of hydrogen-bond acceptors (Lipinski definition) is 6. The normalized spacial score (nSPS) is 11.4. The minimum absolute atomic E-state index is 0.163. The molecule has 8 heteroatoms. The number of carbonyl (C=O) groups is 2. The molecular weight excluding hydrogens is 374 g/mol. The zero-order valence-corrected chi connectivity index (χ0v) is 15.9. The second kappa shape index (κ2) is 9.52. The van der Waals surface area contributed by atoms with Crippen LogP contribution < -0.4 is 5.32 Å². The van der Waals surface area contributed by atoms with Crippen LogP contribution in [-0.2, 0) is 11.3 Å². The standard InChI is InChI=1S/C20H19N5O2S/c1-2-12-25(20(27)17-14-28-24-23-17)18(16-10-6-7-11-21-16)19(26)22-13-15-8-4-3-5-9-15/h2-11,14,18H,1,12-13H2,(H,22,26)/t18-/m1/s1. The molecule has 0 aliphatic rings. The van der Waals surface area contributed by atoms with E-state index in [1.165, 1.54) is 4.90 Å². The first-order chi connectivity index (χ1) is 13.7. The summed E-state index contributed by atoms with van der Waals surface area (Å²) >= 11 is 1.08. The molecule has 2 amide bonds. The van der Waals surface area contributed by atoms with E-state index < -0.39 is 11.9 Å². The number of hydrogen-bond donors (Lipinski definition) is 1. The summed E-state index contributed by atoms with van der Waals surface area (Å²) in [5.41, 5.74) is 1.61. The van der Waals surface area contributed by atoms with Gasteiger partial charge in [0.2, 0.25) is 5.91 Å². The molecule has 0 aliphatic heterocycles. The number of carbonyl (C=O) groups excluding carboxylic acids is 2. The minimum Gasteiger partial charge on any atom is -0.350 e. The van der Waals surface area contributed by atoms with Crippen LogP contribution in [0.25, 0.3) is 0 Å². The molecular formula is C20H19N5O2S. The summed E-state index contributed by atoms with van der Waals surface area (Å²) in [7, 11) is 0. The van der Waals surface area contributed by atoms with Gasteiger partial charge in [-0.15, -0.1) is 11.7 Å². The third-order valence-electron chi connectivity index (χ3n) is 4.00. The van der Waals surface area contributed by atoms with Gasteiger partial charge in [0.1, 0.15) is 0 Å². The van der Waals surface area contributed by atoms with Gasteiger partial charge in [-0.1, -0.05) is 47.0 Å². The van der Waals surface area contributed by atoms with Crippen LogP contribution in [0.5, 0.6) is 0 Å². The molecule has 0 aliphatic carbocycles. The number of aromatic nitrogens is 3. The highest BCUT2D eigenvalue weighted by atomic mass is 32.1. The van der Waals surface area contributed by atoms with E-state index in [0.717, 1.165) is 17.1 Å². The lowest BCUT2D eigenvalue weighted by atomic mass is 10.1. The SMILES string of the molecule is C=CCN(C(=O)c1csnn1)[C@@H](C(=O)NCc1ccccc1)c1ccccn1. The number of amides is 2. The summed E-state index contributed by atoms with van der Waals surface area (Å²) < 4.78 is 3.74. The molecule has 3 aromatic rings. The molecule has 142 valence electrons. The molecule has 2 heterocycles. The van der Waals surface area contributed by atoms with Crippen molar-refractivity contribution in [1.29, 1.82) is 0 Å². The molecule has 0 fully saturated rings. The van der Waals surface area contributed by atoms with Gasteiger partial charge in [-0.05, 0) is 29.2 Å². The summed E-state index contributed by atoms with van der Waals surface area (Å²) in [6, 6.07) is 13.9. The van der Waals surface area contributed by atoms with Gasteiger partial charge in [0.25, 0.3) is 5.91 Å². The zero-order chi connectivity index (χ0) is 19.8. The number of nitrogens with zero attached hydrogens (tertiary/aromatic N) is 4. The van der Waals surface area contributed by atoms with Crippen LogP contribution in [0.15, 0.2) is 72.8 Å². The van der Waals surface area contributed by atoms with Gasteiger partial charge in [-0.2, -0.15) is 0 Å². The van der Waals surface area contributed by atoms with Gasteiger partial charge in [0.05, 0.1) is 5.69 Å². The molecule has 1 N–H and O–H groups in total. The van der Waals surface area contributed by atoms with Crippen molar-refractivity contribution in [1.82, 2.24) is 24.8 Å². The van der Waals surface area contributed by atoms with Gasteiger partial charge in [0.15, 0.2) is 11.7 Å². The first kappa shape index (κ1) is 19.4. The fraction of sp³-hybridized carbons (Fsp3) is 0.150. The van der Waals surface area contributed by atoms with E-state index in [1.807, 2.05) is 30.3 Å². The van der Waals surface area contributed by atoms with Crippen molar-refractivity contribution in [2.75, 3.05) is 6.54 Å². The predicted molar refractivity (Wildman–Crippen MR) is 106 cm³/mol. The van der Waals surface area contributed by atoms with Crippen molar-refractivity contribution >= 4 is 23.3 Å².